The van der Waals surface area contributed by atoms with Gasteiger partial charge in [-0.25, -0.2) is 4.79 Å². The standard InChI is InChI=1S/C35H43N3O7SSi/c1-24(39)42-31-29(37-38-36)32(46-25-17-11-8-12-18-25)43-28(30(31)44-33(40)45-34(2,3)4)23-41-47(35(5,6)7,26-19-13-9-14-20-26)27-21-15-10-16-22-27/h8-22,28-32H,23H2,1-7H3/t28-,29-,30+,31-,32+/m1/s1. The minimum atomic E-state index is -3.07. The van der Waals surface area contributed by atoms with Gasteiger partial charge in [0.1, 0.15) is 23.2 Å². The van der Waals surface area contributed by atoms with Crippen molar-refractivity contribution in [3.8, 4) is 0 Å². The average Bonchev–Trinajstić information content (AvgIpc) is 3.00. The maximum Gasteiger partial charge on any atom is 0.509 e. The molecule has 0 unspecified atom stereocenters. The number of hydrogen-bond donors (Lipinski definition) is 0. The average molecular weight is 678 g/mol. The van der Waals surface area contributed by atoms with E-state index in [0.29, 0.717) is 0 Å². The normalized spacial score (nSPS) is 21.6. The van der Waals surface area contributed by atoms with Crippen LogP contribution in [0.1, 0.15) is 48.5 Å². The van der Waals surface area contributed by atoms with Gasteiger partial charge in [-0.1, -0.05) is 117 Å². The van der Waals surface area contributed by atoms with Gasteiger partial charge in [0.2, 0.25) is 0 Å². The van der Waals surface area contributed by atoms with Crippen molar-refractivity contribution in [3.05, 3.63) is 101 Å². The van der Waals surface area contributed by atoms with Crippen LogP contribution in [0, 0.1) is 0 Å². The molecule has 5 atom stereocenters. The van der Waals surface area contributed by atoms with E-state index in [1.54, 1.807) is 20.8 Å². The maximum atomic E-state index is 13.2. The molecule has 47 heavy (non-hydrogen) atoms. The van der Waals surface area contributed by atoms with Crippen LogP contribution in [0.2, 0.25) is 5.04 Å². The van der Waals surface area contributed by atoms with Crippen molar-refractivity contribution in [1.29, 1.82) is 0 Å². The van der Waals surface area contributed by atoms with Gasteiger partial charge in [0, 0.05) is 16.7 Å². The molecule has 0 aliphatic carbocycles. The van der Waals surface area contributed by atoms with E-state index >= 15 is 0 Å². The number of nitrogens with zero attached hydrogens (tertiary/aromatic N) is 3. The Hall–Kier alpha value is -3.80. The lowest BCUT2D eigenvalue weighted by atomic mass is 9.98. The van der Waals surface area contributed by atoms with Crippen LogP contribution >= 0.6 is 11.8 Å². The molecule has 3 aromatic rings. The van der Waals surface area contributed by atoms with E-state index < -0.39 is 55.8 Å². The van der Waals surface area contributed by atoms with E-state index in [1.807, 2.05) is 66.7 Å². The van der Waals surface area contributed by atoms with Crippen molar-refractivity contribution in [2.75, 3.05) is 6.61 Å². The van der Waals surface area contributed by atoms with Crippen molar-refractivity contribution < 1.29 is 33.0 Å². The van der Waals surface area contributed by atoms with Gasteiger partial charge in [-0.05, 0) is 53.8 Å². The summed E-state index contributed by atoms with van der Waals surface area (Å²) in [6.07, 6.45) is -4.35. The lowest BCUT2D eigenvalue weighted by molar-refractivity contribution is -0.195. The lowest BCUT2D eigenvalue weighted by Gasteiger charge is -2.47. The molecule has 1 aliphatic heterocycles. The Labute approximate surface area is 281 Å². The van der Waals surface area contributed by atoms with E-state index in [9.17, 15) is 15.1 Å². The summed E-state index contributed by atoms with van der Waals surface area (Å²) in [5.74, 6) is -0.636. The zero-order valence-electron chi connectivity index (χ0n) is 27.9. The second-order valence-corrected chi connectivity index (χ2v) is 18.7. The van der Waals surface area contributed by atoms with Crippen LogP contribution in [0.3, 0.4) is 0 Å². The summed E-state index contributed by atoms with van der Waals surface area (Å²) in [7, 11) is -3.07. The summed E-state index contributed by atoms with van der Waals surface area (Å²) in [6, 6.07) is 28.6. The number of rotatable bonds is 10. The first-order chi connectivity index (χ1) is 22.2. The highest BCUT2D eigenvalue weighted by molar-refractivity contribution is 7.99. The molecular formula is C35H43N3O7SSi. The van der Waals surface area contributed by atoms with Crippen molar-refractivity contribution in [2.45, 2.75) is 93.8 Å². The highest BCUT2D eigenvalue weighted by Crippen LogP contribution is 2.40. The number of carbonyl (C=O) groups is 2. The van der Waals surface area contributed by atoms with Gasteiger partial charge in [-0.15, -0.1) is 0 Å². The molecule has 250 valence electrons. The summed E-state index contributed by atoms with van der Waals surface area (Å²) in [5, 5.41) is 5.75. The molecule has 0 saturated carbocycles. The van der Waals surface area contributed by atoms with Gasteiger partial charge in [0.25, 0.3) is 8.32 Å². The fraction of sp³-hybridized carbons (Fsp3) is 0.429. The van der Waals surface area contributed by atoms with Crippen LogP contribution in [0.15, 0.2) is 101 Å². The monoisotopic (exact) mass is 677 g/mol. The second-order valence-electron chi connectivity index (χ2n) is 13.3. The first-order valence-electron chi connectivity index (χ1n) is 15.5. The molecule has 10 nitrogen and oxygen atoms in total. The van der Waals surface area contributed by atoms with Gasteiger partial charge in [0.15, 0.2) is 12.2 Å². The Kier molecular flexibility index (Phi) is 11.8. The fourth-order valence-corrected chi connectivity index (χ4v) is 11.5. The molecule has 0 aromatic heterocycles. The summed E-state index contributed by atoms with van der Waals surface area (Å²) < 4.78 is 31.1. The van der Waals surface area contributed by atoms with Crippen LogP contribution in [0.25, 0.3) is 10.4 Å². The van der Waals surface area contributed by atoms with Crippen molar-refractivity contribution in [1.82, 2.24) is 0 Å². The van der Waals surface area contributed by atoms with E-state index in [2.05, 4.69) is 55.1 Å². The number of hydrogen-bond acceptors (Lipinski definition) is 9. The number of benzene rings is 3. The number of azide groups is 1. The van der Waals surface area contributed by atoms with E-state index in [0.717, 1.165) is 15.3 Å². The van der Waals surface area contributed by atoms with E-state index in [4.69, 9.17) is 23.4 Å². The zero-order valence-corrected chi connectivity index (χ0v) is 29.7. The first kappa shape index (κ1) is 36.0. The fourth-order valence-electron chi connectivity index (χ4n) is 5.76. The Morgan fingerprint density at radius 2 is 1.38 bits per heavy atom. The van der Waals surface area contributed by atoms with Gasteiger partial charge >= 0.3 is 12.1 Å². The predicted molar refractivity (Wildman–Crippen MR) is 184 cm³/mol. The third-order valence-corrected chi connectivity index (χ3v) is 13.8. The van der Waals surface area contributed by atoms with Crippen LogP contribution in [-0.2, 0) is 28.2 Å². The molecule has 0 bridgehead atoms. The smallest absolute Gasteiger partial charge is 0.458 e. The van der Waals surface area contributed by atoms with Crippen molar-refractivity contribution in [2.24, 2.45) is 5.11 Å². The van der Waals surface area contributed by atoms with Crippen molar-refractivity contribution in [3.63, 3.8) is 0 Å². The molecule has 0 spiro atoms. The highest BCUT2D eigenvalue weighted by Gasteiger charge is 2.54. The third-order valence-electron chi connectivity index (χ3n) is 7.60. The SMILES string of the molecule is CC(=O)O[C@@H]1[C@@H](N=[N+]=[N-])[C@H](Sc2ccccc2)O[C@H](CO[Si](c2ccccc2)(c2ccccc2)C(C)(C)C)[C@@H]1OC(=O)OC(C)(C)C. The largest absolute Gasteiger partial charge is 0.509 e. The lowest BCUT2D eigenvalue weighted by Crippen LogP contribution is -2.68. The van der Waals surface area contributed by atoms with Gasteiger partial charge in [0.05, 0.1) is 6.61 Å². The van der Waals surface area contributed by atoms with Gasteiger partial charge in [-0.3, -0.25) is 4.79 Å². The minimum Gasteiger partial charge on any atom is -0.458 e. The van der Waals surface area contributed by atoms with Crippen LogP contribution in [0.4, 0.5) is 4.79 Å². The van der Waals surface area contributed by atoms with Gasteiger partial charge in [-0.2, -0.15) is 0 Å². The number of thioether (sulfide) groups is 1. The van der Waals surface area contributed by atoms with Crippen LogP contribution in [-0.4, -0.2) is 62.4 Å². The highest BCUT2D eigenvalue weighted by atomic mass is 32.2. The molecule has 12 heteroatoms. The third kappa shape index (κ3) is 8.97. The molecule has 1 fully saturated rings. The van der Waals surface area contributed by atoms with E-state index in [-0.39, 0.29) is 11.6 Å². The summed E-state index contributed by atoms with van der Waals surface area (Å²) in [5.41, 5.74) is 7.92. The quantitative estimate of drug-likeness (QED) is 0.0737. The number of esters is 1. The Balaban J connectivity index is 1.83. The summed E-state index contributed by atoms with van der Waals surface area (Å²) in [4.78, 5) is 29.6. The molecule has 0 radical (unpaired) electrons. The van der Waals surface area contributed by atoms with Gasteiger partial charge < -0.3 is 23.4 Å². The molecule has 0 N–H and O–H groups in total. The Morgan fingerprint density at radius 3 is 1.85 bits per heavy atom. The Morgan fingerprint density at radius 1 is 0.851 bits per heavy atom. The molecule has 3 aromatic carbocycles. The zero-order chi connectivity index (χ0) is 34.2. The number of ether oxygens (including phenoxy) is 4. The molecule has 1 aliphatic rings. The summed E-state index contributed by atoms with van der Waals surface area (Å²) >= 11 is 1.32. The molecule has 1 saturated heterocycles. The Bertz CT molecular complexity index is 1490. The van der Waals surface area contributed by atoms with Crippen LogP contribution in [0.5, 0.6) is 0 Å². The number of carbonyl (C=O) groups excluding carboxylic acids is 2. The van der Waals surface area contributed by atoms with Crippen LogP contribution < -0.4 is 10.4 Å². The molecular weight excluding hydrogens is 635 g/mol. The predicted octanol–water partition coefficient (Wildman–Crippen LogP) is 7.01. The molecule has 4 rings (SSSR count). The summed E-state index contributed by atoms with van der Waals surface area (Å²) in [6.45, 7) is 12.8. The minimum absolute atomic E-state index is 0.0344. The molecule has 1 heterocycles. The molecule has 0 amide bonds. The van der Waals surface area contributed by atoms with E-state index in [1.165, 1.54) is 18.7 Å². The second kappa shape index (κ2) is 15.4. The first-order valence-corrected chi connectivity index (χ1v) is 18.3. The van der Waals surface area contributed by atoms with Crippen molar-refractivity contribution >= 4 is 42.6 Å². The maximum absolute atomic E-state index is 13.2. The topological polar surface area (TPSA) is 129 Å².